The SMILES string of the molecule is CC(C)c1ccc(C2=NCc3nc(=O)ccn3-c3c(Cl)ccc(Cl)c32)cc1. The van der Waals surface area contributed by atoms with Crippen LogP contribution in [0.1, 0.15) is 42.3 Å². The molecule has 0 spiro atoms. The van der Waals surface area contributed by atoms with Gasteiger partial charge in [0.05, 0.1) is 28.0 Å². The van der Waals surface area contributed by atoms with Gasteiger partial charge in [-0.3, -0.25) is 9.79 Å². The third kappa shape index (κ3) is 3.20. The number of hydrogen-bond acceptors (Lipinski definition) is 3. The number of halogens is 2. The molecule has 3 aromatic rings. The Balaban J connectivity index is 1.98. The number of nitrogens with zero attached hydrogens (tertiary/aromatic N) is 3. The lowest BCUT2D eigenvalue weighted by atomic mass is 9.96. The van der Waals surface area contributed by atoms with Gasteiger partial charge in [-0.15, -0.1) is 0 Å². The predicted octanol–water partition coefficient (Wildman–Crippen LogP) is 5.01. The van der Waals surface area contributed by atoms with E-state index in [0.717, 1.165) is 16.8 Å². The minimum atomic E-state index is -0.305. The molecule has 6 heteroatoms. The molecular formula is C21H17Cl2N3O. The zero-order chi connectivity index (χ0) is 19.1. The molecule has 0 radical (unpaired) electrons. The highest BCUT2D eigenvalue weighted by Gasteiger charge is 2.24. The quantitative estimate of drug-likeness (QED) is 0.609. The summed E-state index contributed by atoms with van der Waals surface area (Å²) in [7, 11) is 0. The van der Waals surface area contributed by atoms with E-state index in [1.165, 1.54) is 11.6 Å². The van der Waals surface area contributed by atoms with E-state index in [1.54, 1.807) is 22.9 Å². The van der Waals surface area contributed by atoms with E-state index < -0.39 is 0 Å². The van der Waals surface area contributed by atoms with Gasteiger partial charge in [0.15, 0.2) is 0 Å². The molecule has 1 aliphatic rings. The molecule has 0 N–H and O–H groups in total. The Bertz CT molecular complexity index is 1120. The molecule has 0 amide bonds. The Kier molecular flexibility index (Phi) is 4.62. The van der Waals surface area contributed by atoms with E-state index in [4.69, 9.17) is 28.2 Å². The predicted molar refractivity (Wildman–Crippen MR) is 110 cm³/mol. The van der Waals surface area contributed by atoms with Crippen molar-refractivity contribution in [1.29, 1.82) is 0 Å². The number of rotatable bonds is 2. The number of benzene rings is 2. The van der Waals surface area contributed by atoms with Gasteiger partial charge in [0.25, 0.3) is 5.56 Å². The van der Waals surface area contributed by atoms with Gasteiger partial charge < -0.3 is 4.57 Å². The van der Waals surface area contributed by atoms with Crippen molar-refractivity contribution in [3.63, 3.8) is 0 Å². The number of aromatic nitrogens is 2. The third-order valence-corrected chi connectivity index (χ3v) is 5.29. The topological polar surface area (TPSA) is 47.2 Å². The lowest BCUT2D eigenvalue weighted by molar-refractivity contribution is 0.819. The maximum Gasteiger partial charge on any atom is 0.272 e. The van der Waals surface area contributed by atoms with Crippen molar-refractivity contribution >= 4 is 28.9 Å². The van der Waals surface area contributed by atoms with Gasteiger partial charge in [-0.05, 0) is 23.6 Å². The van der Waals surface area contributed by atoms with Gasteiger partial charge in [-0.25, -0.2) is 0 Å². The molecule has 0 fully saturated rings. The van der Waals surface area contributed by atoms with Crippen LogP contribution in [0.2, 0.25) is 10.0 Å². The Hall–Kier alpha value is -2.43. The monoisotopic (exact) mass is 397 g/mol. The maximum absolute atomic E-state index is 11.7. The summed E-state index contributed by atoms with van der Waals surface area (Å²) in [6, 6.07) is 13.2. The fraction of sp³-hybridized carbons (Fsp3) is 0.190. The van der Waals surface area contributed by atoms with E-state index >= 15 is 0 Å². The van der Waals surface area contributed by atoms with Crippen LogP contribution < -0.4 is 5.56 Å². The second-order valence-corrected chi connectivity index (χ2v) is 7.56. The Labute approximate surface area is 167 Å². The molecule has 1 aromatic heterocycles. The van der Waals surface area contributed by atoms with Gasteiger partial charge >= 0.3 is 0 Å². The van der Waals surface area contributed by atoms with Crippen LogP contribution in [-0.4, -0.2) is 15.3 Å². The average molecular weight is 398 g/mol. The molecule has 2 aromatic carbocycles. The molecule has 4 rings (SSSR count). The smallest absolute Gasteiger partial charge is 0.272 e. The molecule has 0 atom stereocenters. The van der Waals surface area contributed by atoms with Crippen molar-refractivity contribution in [1.82, 2.24) is 9.55 Å². The van der Waals surface area contributed by atoms with Gasteiger partial charge in [-0.1, -0.05) is 61.3 Å². The van der Waals surface area contributed by atoms with Gasteiger partial charge in [0.1, 0.15) is 5.82 Å². The fourth-order valence-electron chi connectivity index (χ4n) is 3.25. The summed E-state index contributed by atoms with van der Waals surface area (Å²) in [6.45, 7) is 4.58. The molecule has 1 aliphatic heterocycles. The molecule has 136 valence electrons. The van der Waals surface area contributed by atoms with Crippen LogP contribution in [0.5, 0.6) is 0 Å². The minimum absolute atomic E-state index is 0.263. The standard InChI is InChI=1S/C21H17Cl2N3O/c1-12(2)13-3-5-14(6-4-13)20-19-15(22)7-8-16(23)21(19)26-10-9-18(27)25-17(26)11-24-20/h3-10,12H,11H2,1-2H3. The first-order chi connectivity index (χ1) is 13.0. The van der Waals surface area contributed by atoms with Crippen molar-refractivity contribution in [2.75, 3.05) is 0 Å². The summed E-state index contributed by atoms with van der Waals surface area (Å²) in [5.41, 5.74) is 4.06. The highest BCUT2D eigenvalue weighted by molar-refractivity contribution is 6.39. The summed E-state index contributed by atoms with van der Waals surface area (Å²) in [4.78, 5) is 20.6. The normalized spacial score (nSPS) is 13.0. The number of aliphatic imine (C=N–C) groups is 1. The van der Waals surface area contributed by atoms with E-state index in [2.05, 4.69) is 31.0 Å². The Morgan fingerprint density at radius 1 is 1.00 bits per heavy atom. The van der Waals surface area contributed by atoms with Gasteiger partial charge in [0, 0.05) is 23.4 Å². The van der Waals surface area contributed by atoms with Crippen molar-refractivity contribution in [2.45, 2.75) is 26.3 Å². The first kappa shape index (κ1) is 18.0. The van der Waals surface area contributed by atoms with E-state index in [-0.39, 0.29) is 12.1 Å². The van der Waals surface area contributed by atoms with Crippen LogP contribution in [0.3, 0.4) is 0 Å². The minimum Gasteiger partial charge on any atom is -0.301 e. The average Bonchev–Trinajstić information content (AvgIpc) is 2.82. The fourth-order valence-corrected chi connectivity index (χ4v) is 3.74. The second kappa shape index (κ2) is 6.95. The Morgan fingerprint density at radius 3 is 2.41 bits per heavy atom. The van der Waals surface area contributed by atoms with Crippen molar-refractivity contribution in [2.24, 2.45) is 4.99 Å². The molecule has 27 heavy (non-hydrogen) atoms. The molecule has 0 saturated heterocycles. The van der Waals surface area contributed by atoms with Gasteiger partial charge in [0.2, 0.25) is 0 Å². The van der Waals surface area contributed by atoms with Crippen LogP contribution in [0.25, 0.3) is 5.69 Å². The number of fused-ring (bicyclic) bond motifs is 3. The summed E-state index contributed by atoms with van der Waals surface area (Å²) >= 11 is 13.1. The van der Waals surface area contributed by atoms with Crippen molar-refractivity contribution < 1.29 is 0 Å². The molecular weight excluding hydrogens is 381 g/mol. The van der Waals surface area contributed by atoms with Crippen LogP contribution >= 0.6 is 23.2 Å². The summed E-state index contributed by atoms with van der Waals surface area (Å²) in [5.74, 6) is 0.974. The molecule has 0 aliphatic carbocycles. The molecule has 0 unspecified atom stereocenters. The lowest BCUT2D eigenvalue weighted by Gasteiger charge is -2.17. The van der Waals surface area contributed by atoms with Crippen LogP contribution in [0.15, 0.2) is 58.4 Å². The maximum atomic E-state index is 11.7. The second-order valence-electron chi connectivity index (χ2n) is 6.75. The molecule has 0 saturated carbocycles. The lowest BCUT2D eigenvalue weighted by Crippen LogP contribution is -2.15. The van der Waals surface area contributed by atoms with Crippen molar-refractivity contribution in [3.05, 3.63) is 91.6 Å². The Morgan fingerprint density at radius 2 is 1.70 bits per heavy atom. The highest BCUT2D eigenvalue weighted by atomic mass is 35.5. The molecule has 2 heterocycles. The third-order valence-electron chi connectivity index (χ3n) is 4.67. The molecule has 0 bridgehead atoms. The largest absolute Gasteiger partial charge is 0.301 e. The van der Waals surface area contributed by atoms with Crippen LogP contribution in [0, 0.1) is 0 Å². The molecule has 4 nitrogen and oxygen atoms in total. The zero-order valence-corrected chi connectivity index (χ0v) is 16.4. The van der Waals surface area contributed by atoms with Crippen LogP contribution in [0.4, 0.5) is 0 Å². The van der Waals surface area contributed by atoms with Crippen molar-refractivity contribution in [3.8, 4) is 5.69 Å². The number of hydrogen-bond donors (Lipinski definition) is 0. The van der Waals surface area contributed by atoms with E-state index in [1.807, 2.05) is 12.1 Å². The zero-order valence-electron chi connectivity index (χ0n) is 14.9. The van der Waals surface area contributed by atoms with E-state index in [0.29, 0.717) is 27.5 Å². The summed E-state index contributed by atoms with van der Waals surface area (Å²) < 4.78 is 1.80. The first-order valence-electron chi connectivity index (χ1n) is 8.68. The first-order valence-corrected chi connectivity index (χ1v) is 9.43. The van der Waals surface area contributed by atoms with Gasteiger partial charge in [-0.2, -0.15) is 4.98 Å². The van der Waals surface area contributed by atoms with E-state index in [9.17, 15) is 4.79 Å². The highest BCUT2D eigenvalue weighted by Crippen LogP contribution is 2.35. The summed E-state index contributed by atoms with van der Waals surface area (Å²) in [5, 5.41) is 1.07. The van der Waals surface area contributed by atoms with Crippen LogP contribution in [-0.2, 0) is 6.54 Å². The summed E-state index contributed by atoms with van der Waals surface area (Å²) in [6.07, 6.45) is 1.67.